The summed E-state index contributed by atoms with van der Waals surface area (Å²) in [5, 5.41) is 3.38. The van der Waals surface area contributed by atoms with Gasteiger partial charge in [0.25, 0.3) is 5.91 Å². The average Bonchev–Trinajstić information content (AvgIpc) is 3.62. The zero-order chi connectivity index (χ0) is 32.5. The summed E-state index contributed by atoms with van der Waals surface area (Å²) in [7, 11) is 0.491. The lowest BCUT2D eigenvalue weighted by molar-refractivity contribution is 0.0964. The first-order valence-corrected chi connectivity index (χ1v) is 15.9. The van der Waals surface area contributed by atoms with E-state index in [1.54, 1.807) is 34.9 Å². The molecule has 0 bridgehead atoms. The number of hydrogen-bond acceptors (Lipinski definition) is 7. The fourth-order valence-electron chi connectivity index (χ4n) is 5.75. The Hall–Kier alpha value is -5.43. The van der Waals surface area contributed by atoms with E-state index < -0.39 is 27.6 Å². The van der Waals surface area contributed by atoms with E-state index in [1.165, 1.54) is 57.6 Å². The molecular formula is C33H26F2N4O6S. The van der Waals surface area contributed by atoms with Crippen LogP contribution in [0, 0.1) is 11.6 Å². The van der Waals surface area contributed by atoms with Gasteiger partial charge in [0.2, 0.25) is 10.0 Å². The number of carbonyl (C=O) groups excluding carboxylic acids is 1. The average molecular weight is 645 g/mol. The summed E-state index contributed by atoms with van der Waals surface area (Å²) in [5.74, 6) is -0.500. The van der Waals surface area contributed by atoms with Gasteiger partial charge in [-0.25, -0.2) is 22.2 Å². The van der Waals surface area contributed by atoms with E-state index in [9.17, 15) is 22.0 Å². The van der Waals surface area contributed by atoms with E-state index in [0.717, 1.165) is 10.6 Å². The van der Waals surface area contributed by atoms with Crippen LogP contribution in [-0.2, 0) is 16.8 Å². The van der Waals surface area contributed by atoms with E-state index in [0.29, 0.717) is 44.6 Å². The summed E-state index contributed by atoms with van der Waals surface area (Å²) in [6.07, 6.45) is 1.06. The maximum absolute atomic E-state index is 14.8. The molecule has 7 rings (SSSR count). The van der Waals surface area contributed by atoms with Crippen molar-refractivity contribution in [2.45, 2.75) is 6.73 Å². The minimum Gasteiger partial charge on any atom is -0.494 e. The summed E-state index contributed by atoms with van der Waals surface area (Å²) in [6.45, 7) is 0.115. The SMILES string of the molecule is CNC(=O)c1c(-c2ccc(F)cc2)oc2cc(N(C)S(C)(=O)=O)c(-c3nc4c(cc3OC)OCn3c-4cc4c(F)cccc43)cc12. The molecule has 1 N–H and O–H groups in total. The van der Waals surface area contributed by atoms with Gasteiger partial charge in [-0.15, -0.1) is 0 Å². The van der Waals surface area contributed by atoms with E-state index in [4.69, 9.17) is 18.9 Å². The van der Waals surface area contributed by atoms with Gasteiger partial charge in [0.1, 0.15) is 40.1 Å². The first kappa shape index (κ1) is 29.3. The van der Waals surface area contributed by atoms with Crippen LogP contribution in [0.25, 0.3) is 55.8 Å². The van der Waals surface area contributed by atoms with E-state index in [-0.39, 0.29) is 40.8 Å². The van der Waals surface area contributed by atoms with Crippen molar-refractivity contribution in [2.75, 3.05) is 31.8 Å². The molecule has 4 heterocycles. The number of fused-ring (bicyclic) bond motifs is 6. The Labute approximate surface area is 261 Å². The van der Waals surface area contributed by atoms with Gasteiger partial charge in [0, 0.05) is 48.1 Å². The Morgan fingerprint density at radius 2 is 1.80 bits per heavy atom. The first-order valence-electron chi connectivity index (χ1n) is 14.0. The molecule has 46 heavy (non-hydrogen) atoms. The summed E-state index contributed by atoms with van der Waals surface area (Å²) >= 11 is 0. The molecule has 3 aromatic heterocycles. The molecule has 0 aliphatic carbocycles. The molecule has 1 aliphatic rings. The Morgan fingerprint density at radius 3 is 2.50 bits per heavy atom. The minimum absolute atomic E-state index is 0.115. The summed E-state index contributed by atoms with van der Waals surface area (Å²) in [6, 6.07) is 16.7. The maximum atomic E-state index is 14.8. The number of halogens is 2. The first-order chi connectivity index (χ1) is 22.0. The number of pyridine rings is 1. The normalized spacial score (nSPS) is 12.5. The summed E-state index contributed by atoms with van der Waals surface area (Å²) < 4.78 is 75.1. The molecule has 6 aromatic rings. The van der Waals surface area contributed by atoms with Crippen molar-refractivity contribution in [2.24, 2.45) is 0 Å². The van der Waals surface area contributed by atoms with Gasteiger partial charge in [0.05, 0.1) is 35.8 Å². The summed E-state index contributed by atoms with van der Waals surface area (Å²) in [4.78, 5) is 18.2. The second kappa shape index (κ2) is 10.6. The van der Waals surface area contributed by atoms with Crippen molar-refractivity contribution in [1.82, 2.24) is 14.9 Å². The lowest BCUT2D eigenvalue weighted by Crippen LogP contribution is -2.25. The largest absolute Gasteiger partial charge is 0.494 e. The van der Waals surface area contributed by atoms with Gasteiger partial charge in [-0.3, -0.25) is 9.10 Å². The Kier molecular flexibility index (Phi) is 6.74. The van der Waals surface area contributed by atoms with E-state index in [2.05, 4.69) is 5.32 Å². The quantitative estimate of drug-likeness (QED) is 0.230. The van der Waals surface area contributed by atoms with E-state index in [1.807, 2.05) is 0 Å². The third-order valence-corrected chi connectivity index (χ3v) is 9.31. The Morgan fingerprint density at radius 1 is 1.04 bits per heavy atom. The zero-order valence-electron chi connectivity index (χ0n) is 25.0. The van der Waals surface area contributed by atoms with Gasteiger partial charge >= 0.3 is 0 Å². The second-order valence-corrected chi connectivity index (χ2v) is 12.8. The molecule has 10 nitrogen and oxygen atoms in total. The molecule has 0 unspecified atom stereocenters. The number of aromatic nitrogens is 2. The highest BCUT2D eigenvalue weighted by Gasteiger charge is 2.30. The fourth-order valence-corrected chi connectivity index (χ4v) is 6.26. The van der Waals surface area contributed by atoms with Crippen LogP contribution in [0.5, 0.6) is 11.5 Å². The third-order valence-electron chi connectivity index (χ3n) is 8.12. The Balaban J connectivity index is 1.54. The molecule has 0 radical (unpaired) electrons. The van der Waals surface area contributed by atoms with Crippen LogP contribution in [0.4, 0.5) is 14.5 Å². The number of amides is 1. The number of hydrogen-bond donors (Lipinski definition) is 1. The van der Waals surface area contributed by atoms with Gasteiger partial charge in [-0.1, -0.05) is 6.07 Å². The highest BCUT2D eigenvalue weighted by molar-refractivity contribution is 7.92. The van der Waals surface area contributed by atoms with Crippen LogP contribution in [0.15, 0.2) is 71.1 Å². The number of carbonyl (C=O) groups is 1. The molecule has 0 saturated heterocycles. The number of rotatable bonds is 6. The molecular weight excluding hydrogens is 618 g/mol. The third kappa shape index (κ3) is 4.53. The molecule has 0 spiro atoms. The van der Waals surface area contributed by atoms with Gasteiger partial charge in [-0.2, -0.15) is 0 Å². The number of methoxy groups -OCH3 is 1. The molecule has 1 aliphatic heterocycles. The number of anilines is 1. The van der Waals surface area contributed by atoms with Crippen molar-refractivity contribution in [3.8, 4) is 45.5 Å². The van der Waals surface area contributed by atoms with Crippen molar-refractivity contribution in [1.29, 1.82) is 0 Å². The molecule has 234 valence electrons. The van der Waals surface area contributed by atoms with Crippen LogP contribution in [0.3, 0.4) is 0 Å². The molecule has 0 fully saturated rings. The number of nitrogens with one attached hydrogen (secondary N) is 1. The Bertz CT molecular complexity index is 2330. The van der Waals surface area contributed by atoms with Gasteiger partial charge in [0.15, 0.2) is 12.5 Å². The molecule has 1 amide bonds. The number of ether oxygens (including phenoxy) is 2. The topological polar surface area (TPSA) is 116 Å². The van der Waals surface area contributed by atoms with Crippen LogP contribution in [-0.4, -0.2) is 51.3 Å². The molecule has 0 saturated carbocycles. The minimum atomic E-state index is -3.81. The predicted molar refractivity (Wildman–Crippen MR) is 170 cm³/mol. The molecule has 3 aromatic carbocycles. The molecule has 13 heteroatoms. The summed E-state index contributed by atoms with van der Waals surface area (Å²) in [5.41, 5.74) is 3.15. The lowest BCUT2D eigenvalue weighted by Gasteiger charge is -2.24. The highest BCUT2D eigenvalue weighted by atomic mass is 32.2. The van der Waals surface area contributed by atoms with Crippen molar-refractivity contribution >= 4 is 43.5 Å². The monoisotopic (exact) mass is 644 g/mol. The number of benzene rings is 3. The highest BCUT2D eigenvalue weighted by Crippen LogP contribution is 2.47. The zero-order valence-corrected chi connectivity index (χ0v) is 25.8. The van der Waals surface area contributed by atoms with Crippen LogP contribution in [0.2, 0.25) is 0 Å². The van der Waals surface area contributed by atoms with Crippen LogP contribution < -0.4 is 19.1 Å². The number of furan rings is 1. The van der Waals surface area contributed by atoms with E-state index >= 15 is 0 Å². The smallest absolute Gasteiger partial charge is 0.255 e. The van der Waals surface area contributed by atoms with Gasteiger partial charge < -0.3 is 23.8 Å². The number of nitrogens with zero attached hydrogens (tertiary/aromatic N) is 3. The van der Waals surface area contributed by atoms with Crippen molar-refractivity contribution in [3.05, 3.63) is 83.9 Å². The second-order valence-electron chi connectivity index (χ2n) is 10.8. The fraction of sp³-hybridized carbons (Fsp3) is 0.152. The van der Waals surface area contributed by atoms with Crippen LogP contribution in [0.1, 0.15) is 10.4 Å². The standard InChI is InChI=1S/C33H26F2N4O6S/c1-36-33(40)29-21-12-20(24(38(2)46(4,41)42)14-26(21)45-32(29)17-8-10-18(34)11-9-17)30-27(43-3)15-28-31(37-30)25-13-19-22(35)6-5-7-23(19)39(25)16-44-28/h5-15H,16H2,1-4H3,(H,36,40). The lowest BCUT2D eigenvalue weighted by atomic mass is 10.00. The predicted octanol–water partition coefficient (Wildman–Crippen LogP) is 6.18. The molecule has 0 atom stereocenters. The maximum Gasteiger partial charge on any atom is 0.255 e. The van der Waals surface area contributed by atoms with Crippen LogP contribution >= 0.6 is 0 Å². The van der Waals surface area contributed by atoms with Crippen molar-refractivity contribution in [3.63, 3.8) is 0 Å². The number of sulfonamides is 1. The van der Waals surface area contributed by atoms with Gasteiger partial charge in [-0.05, 0) is 48.5 Å². The van der Waals surface area contributed by atoms with Crippen molar-refractivity contribution < 1.29 is 35.9 Å².